The molecular formula is C9H18OS. The average Bonchev–Trinajstić information content (AvgIpc) is 1.84. The van der Waals surface area contributed by atoms with E-state index in [9.17, 15) is 4.55 Å². The summed E-state index contributed by atoms with van der Waals surface area (Å²) in [7, 11) is 0. The molecule has 1 unspecified atom stereocenters. The van der Waals surface area contributed by atoms with Crippen molar-refractivity contribution in [3.63, 3.8) is 0 Å². The molecule has 66 valence electrons. The van der Waals surface area contributed by atoms with Crippen molar-refractivity contribution in [2.75, 3.05) is 6.26 Å². The van der Waals surface area contributed by atoms with Gasteiger partial charge in [-0.2, -0.15) is 0 Å². The molecule has 1 aliphatic rings. The largest absolute Gasteiger partial charge is 0.616 e. The molecule has 0 aromatic rings. The minimum Gasteiger partial charge on any atom is -0.616 e. The van der Waals surface area contributed by atoms with Crippen LogP contribution in [-0.2, 0) is 11.2 Å². The SMILES string of the molecule is C[S+]([O-])C1CCCCCCC1. The minimum atomic E-state index is -0.571. The van der Waals surface area contributed by atoms with E-state index in [1.807, 2.05) is 6.26 Å². The fourth-order valence-electron chi connectivity index (χ4n) is 1.75. The van der Waals surface area contributed by atoms with Gasteiger partial charge < -0.3 is 4.55 Å². The Morgan fingerprint density at radius 1 is 1.00 bits per heavy atom. The lowest BCUT2D eigenvalue weighted by molar-refractivity contribution is 0.489. The highest BCUT2D eigenvalue weighted by atomic mass is 32.2. The first-order chi connectivity index (χ1) is 5.30. The molecule has 1 nitrogen and oxygen atoms in total. The third kappa shape index (κ3) is 3.48. The number of hydrogen-bond acceptors (Lipinski definition) is 1. The van der Waals surface area contributed by atoms with Gasteiger partial charge in [-0.15, -0.1) is 0 Å². The second-order valence-corrected chi connectivity index (χ2v) is 5.13. The van der Waals surface area contributed by atoms with Gasteiger partial charge >= 0.3 is 0 Å². The van der Waals surface area contributed by atoms with Gasteiger partial charge in [-0.3, -0.25) is 0 Å². The van der Waals surface area contributed by atoms with E-state index in [2.05, 4.69) is 0 Å². The third-order valence-electron chi connectivity index (χ3n) is 2.52. The van der Waals surface area contributed by atoms with Crippen LogP contribution in [0.15, 0.2) is 0 Å². The van der Waals surface area contributed by atoms with Crippen LogP contribution in [0.25, 0.3) is 0 Å². The molecule has 1 aliphatic carbocycles. The number of hydrogen-bond donors (Lipinski definition) is 0. The molecule has 0 saturated heterocycles. The Hall–Kier alpha value is 0.310. The third-order valence-corrected chi connectivity index (χ3v) is 3.93. The van der Waals surface area contributed by atoms with Crippen molar-refractivity contribution in [1.82, 2.24) is 0 Å². The Morgan fingerprint density at radius 3 is 1.91 bits per heavy atom. The van der Waals surface area contributed by atoms with Crippen LogP contribution in [0.4, 0.5) is 0 Å². The molecule has 0 aromatic carbocycles. The van der Waals surface area contributed by atoms with Crippen LogP contribution < -0.4 is 0 Å². The van der Waals surface area contributed by atoms with Crippen molar-refractivity contribution in [1.29, 1.82) is 0 Å². The van der Waals surface area contributed by atoms with E-state index in [4.69, 9.17) is 0 Å². The van der Waals surface area contributed by atoms with Crippen molar-refractivity contribution in [2.24, 2.45) is 0 Å². The molecule has 0 bridgehead atoms. The summed E-state index contributed by atoms with van der Waals surface area (Å²) in [5.74, 6) is 0. The molecule has 1 saturated carbocycles. The van der Waals surface area contributed by atoms with Gasteiger partial charge in [0.2, 0.25) is 0 Å². The highest BCUT2D eigenvalue weighted by Crippen LogP contribution is 2.21. The summed E-state index contributed by atoms with van der Waals surface area (Å²) in [6, 6.07) is 0. The maximum atomic E-state index is 11.2. The van der Waals surface area contributed by atoms with Gasteiger partial charge in [-0.05, 0) is 25.7 Å². The van der Waals surface area contributed by atoms with E-state index in [1.54, 1.807) is 0 Å². The summed E-state index contributed by atoms with van der Waals surface area (Å²) in [6.45, 7) is 0. The van der Waals surface area contributed by atoms with E-state index in [1.165, 1.54) is 44.9 Å². The van der Waals surface area contributed by atoms with Crippen molar-refractivity contribution in [2.45, 2.75) is 50.2 Å². The topological polar surface area (TPSA) is 23.1 Å². The molecule has 0 heterocycles. The second-order valence-electron chi connectivity index (χ2n) is 3.47. The molecule has 0 aromatic heterocycles. The van der Waals surface area contributed by atoms with E-state index in [0.717, 1.165) is 0 Å². The summed E-state index contributed by atoms with van der Waals surface area (Å²) < 4.78 is 11.2. The first kappa shape index (κ1) is 9.40. The van der Waals surface area contributed by atoms with Gasteiger partial charge in [-0.25, -0.2) is 0 Å². The van der Waals surface area contributed by atoms with Gasteiger partial charge in [0.25, 0.3) is 0 Å². The Bertz CT molecular complexity index is 95.7. The summed E-state index contributed by atoms with van der Waals surface area (Å²) in [4.78, 5) is 0. The van der Waals surface area contributed by atoms with Crippen molar-refractivity contribution in [3.8, 4) is 0 Å². The van der Waals surface area contributed by atoms with E-state index >= 15 is 0 Å². The van der Waals surface area contributed by atoms with Crippen LogP contribution in [0.5, 0.6) is 0 Å². The summed E-state index contributed by atoms with van der Waals surface area (Å²) in [5, 5.41) is 0.510. The lowest BCUT2D eigenvalue weighted by Crippen LogP contribution is -2.20. The standard InChI is InChI=1S/C9H18OS/c1-11(10)9-7-5-3-2-4-6-8-9/h9H,2-8H2,1H3. The lowest BCUT2D eigenvalue weighted by atomic mass is 10.0. The van der Waals surface area contributed by atoms with Gasteiger partial charge in [0, 0.05) is 0 Å². The van der Waals surface area contributed by atoms with Crippen LogP contribution in [0.3, 0.4) is 0 Å². The maximum absolute atomic E-state index is 11.2. The van der Waals surface area contributed by atoms with E-state index in [-0.39, 0.29) is 0 Å². The monoisotopic (exact) mass is 174 g/mol. The molecule has 1 fully saturated rings. The van der Waals surface area contributed by atoms with Crippen LogP contribution in [-0.4, -0.2) is 16.1 Å². The van der Waals surface area contributed by atoms with E-state index < -0.39 is 11.2 Å². The van der Waals surface area contributed by atoms with Gasteiger partial charge in [0.15, 0.2) is 0 Å². The smallest absolute Gasteiger partial charge is 0.115 e. The highest BCUT2D eigenvalue weighted by molar-refractivity contribution is 7.91. The van der Waals surface area contributed by atoms with Gasteiger partial charge in [0.05, 0.1) is 6.26 Å². The Morgan fingerprint density at radius 2 is 1.45 bits per heavy atom. The van der Waals surface area contributed by atoms with Crippen LogP contribution in [0.2, 0.25) is 0 Å². The molecule has 1 atom stereocenters. The minimum absolute atomic E-state index is 0.510. The van der Waals surface area contributed by atoms with Crippen molar-refractivity contribution >= 4 is 11.2 Å². The Balaban J connectivity index is 2.26. The van der Waals surface area contributed by atoms with E-state index in [0.29, 0.717) is 5.25 Å². The van der Waals surface area contributed by atoms with Crippen molar-refractivity contribution < 1.29 is 4.55 Å². The zero-order chi connectivity index (χ0) is 8.10. The fraction of sp³-hybridized carbons (Fsp3) is 1.00. The molecule has 1 rings (SSSR count). The first-order valence-electron chi connectivity index (χ1n) is 4.63. The molecule has 0 radical (unpaired) electrons. The van der Waals surface area contributed by atoms with Crippen LogP contribution in [0.1, 0.15) is 44.9 Å². The molecule has 0 spiro atoms. The zero-order valence-electron chi connectivity index (χ0n) is 7.34. The average molecular weight is 174 g/mol. The predicted molar refractivity (Wildman–Crippen MR) is 50.2 cm³/mol. The zero-order valence-corrected chi connectivity index (χ0v) is 8.16. The normalized spacial score (nSPS) is 25.6. The molecule has 0 amide bonds. The highest BCUT2D eigenvalue weighted by Gasteiger charge is 2.18. The summed E-state index contributed by atoms with van der Waals surface area (Å²) in [5.41, 5.74) is 0. The molecule has 11 heavy (non-hydrogen) atoms. The quantitative estimate of drug-likeness (QED) is 0.560. The van der Waals surface area contributed by atoms with Crippen LogP contribution in [0, 0.1) is 0 Å². The maximum Gasteiger partial charge on any atom is 0.115 e. The van der Waals surface area contributed by atoms with Crippen LogP contribution >= 0.6 is 0 Å². The molecule has 2 heteroatoms. The fourth-order valence-corrected chi connectivity index (χ4v) is 2.75. The molecular weight excluding hydrogens is 156 g/mol. The van der Waals surface area contributed by atoms with Gasteiger partial charge in [0.1, 0.15) is 5.25 Å². The Labute approximate surface area is 72.7 Å². The lowest BCUT2D eigenvalue weighted by Gasteiger charge is -2.20. The molecule has 0 N–H and O–H groups in total. The number of rotatable bonds is 1. The molecule has 0 aliphatic heterocycles. The first-order valence-corrected chi connectivity index (χ1v) is 6.25. The van der Waals surface area contributed by atoms with Crippen molar-refractivity contribution in [3.05, 3.63) is 0 Å². The Kier molecular flexibility index (Phi) is 4.31. The summed E-state index contributed by atoms with van der Waals surface area (Å²) >= 11 is -0.571. The second kappa shape index (κ2) is 5.04. The predicted octanol–water partition coefficient (Wildman–Crippen LogP) is 2.48. The van der Waals surface area contributed by atoms with Gasteiger partial charge in [-0.1, -0.05) is 30.4 Å². The summed E-state index contributed by atoms with van der Waals surface area (Å²) in [6.07, 6.45) is 10.9.